The molecule has 1 aromatic rings. The molecule has 0 radical (unpaired) electrons. The van der Waals surface area contributed by atoms with Gasteiger partial charge in [0, 0.05) is 11.7 Å². The summed E-state index contributed by atoms with van der Waals surface area (Å²) in [4.78, 5) is 10.5. The van der Waals surface area contributed by atoms with Gasteiger partial charge in [0.1, 0.15) is 0 Å². The summed E-state index contributed by atoms with van der Waals surface area (Å²) in [5, 5.41) is 55.2. The number of carbonyl (C=O) groups excluding carboxylic acids is 1. The first-order valence-electron chi connectivity index (χ1n) is 14.9. The van der Waals surface area contributed by atoms with Crippen molar-refractivity contribution in [3.63, 3.8) is 0 Å². The maximum Gasteiger partial charge on any atom is 1.00 e. The van der Waals surface area contributed by atoms with Crippen LogP contribution in [0.3, 0.4) is 0 Å². The first-order chi connectivity index (χ1) is 21.9. The molecule has 6 atom stereocenters. The number of aliphatic hydroxyl groups is 3. The molecule has 254 valence electrons. The van der Waals surface area contributed by atoms with Gasteiger partial charge in [-0.2, -0.15) is 5.70 Å². The van der Waals surface area contributed by atoms with Crippen LogP contribution in [0.4, 0.5) is 17.1 Å². The van der Waals surface area contributed by atoms with Crippen LogP contribution in [0.1, 0.15) is 38.8 Å². The molecule has 0 saturated heterocycles. The fraction of sp³-hybridized carbons (Fsp3) is 0.324. The van der Waals surface area contributed by atoms with Gasteiger partial charge in [0.25, 0.3) is 0 Å². The Morgan fingerprint density at radius 1 is 0.957 bits per heavy atom. The number of benzene rings is 1. The monoisotopic (exact) mass is 688 g/mol. The van der Waals surface area contributed by atoms with Crippen LogP contribution in [0.2, 0.25) is 0 Å². The van der Waals surface area contributed by atoms with Crippen LogP contribution in [-0.2, 0) is 26.6 Å². The summed E-state index contributed by atoms with van der Waals surface area (Å²) in [6.45, 7) is 7.29. The number of fused-ring (bicyclic) bond motifs is 5. The zero-order valence-electron chi connectivity index (χ0n) is 26.3. The number of cyclic esters (lactones) is 1. The molecule has 1 aliphatic carbocycles. The van der Waals surface area contributed by atoms with Crippen molar-refractivity contribution in [3.05, 3.63) is 121 Å². The van der Waals surface area contributed by atoms with Crippen LogP contribution in [0.5, 0.6) is 0 Å². The van der Waals surface area contributed by atoms with Crippen LogP contribution >= 0.6 is 0 Å². The number of ether oxygens (including phenoxy) is 1. The summed E-state index contributed by atoms with van der Waals surface area (Å²) in [6, 6.07) is 2.53. The Morgan fingerprint density at radius 3 is 2.26 bits per heavy atom. The summed E-state index contributed by atoms with van der Waals surface area (Å²) < 4.78 is 4.28. The molecule has 7 N–H and O–H groups in total. The minimum Gasteiger partial charge on any atom is -0.853 e. The standard InChI is InChI=1S/2C14H15N3.C6H7O6.Cu/c2*1-8-3-5-10-7-12(15)11-6-4-9(2)17-14(11)13(10)16-8;7-1-2(8)5-3(9)4(10)6(11)12-5;/h3-8,12H,15H2,1-2H3;3-9H,15H2,1-2H3;2,5,8-10H,1H2;/q2*-2;-1;+1. The molecule has 0 fully saturated rings. The number of nitrogens with two attached hydrogens (primary N) is 2. The molecule has 6 aliphatic rings. The van der Waals surface area contributed by atoms with E-state index in [4.69, 9.17) is 26.8 Å². The summed E-state index contributed by atoms with van der Waals surface area (Å²) in [6.07, 6.45) is 15.6. The normalized spacial score (nSPS) is 26.5. The van der Waals surface area contributed by atoms with Crippen molar-refractivity contribution in [3.8, 4) is 0 Å². The Morgan fingerprint density at radius 2 is 1.60 bits per heavy atom. The van der Waals surface area contributed by atoms with Crippen molar-refractivity contribution in [2.45, 2.75) is 64.1 Å². The Labute approximate surface area is 284 Å². The number of allylic oxidation sites excluding steroid dienone is 4. The molecule has 12 nitrogen and oxygen atoms in total. The largest absolute Gasteiger partial charge is 1.00 e. The summed E-state index contributed by atoms with van der Waals surface area (Å²) >= 11 is 0. The zero-order chi connectivity index (χ0) is 33.3. The van der Waals surface area contributed by atoms with E-state index >= 15 is 0 Å². The van der Waals surface area contributed by atoms with E-state index in [0.717, 1.165) is 56.4 Å². The van der Waals surface area contributed by atoms with Crippen molar-refractivity contribution < 1.29 is 47.0 Å². The van der Waals surface area contributed by atoms with Crippen LogP contribution in [0.15, 0.2) is 88.4 Å². The molecule has 13 heteroatoms. The van der Waals surface area contributed by atoms with E-state index < -0.39 is 36.3 Å². The molecule has 0 amide bonds. The van der Waals surface area contributed by atoms with Crippen molar-refractivity contribution in [2.24, 2.45) is 5.73 Å². The molecule has 0 saturated carbocycles. The van der Waals surface area contributed by atoms with Crippen molar-refractivity contribution in [1.29, 1.82) is 0 Å². The number of hydrogen-bond acceptors (Lipinski definition) is 8. The van der Waals surface area contributed by atoms with Gasteiger partial charge >= 0.3 is 23.0 Å². The van der Waals surface area contributed by atoms with E-state index in [1.807, 2.05) is 19.1 Å². The quantitative estimate of drug-likeness (QED) is 0.160. The number of rotatable bonds is 2. The number of carbonyl (C=O) groups is 1. The van der Waals surface area contributed by atoms with Crippen molar-refractivity contribution >= 4 is 35.2 Å². The number of aliphatic hydroxyl groups excluding tert-OH is 3. The number of esters is 1. The fourth-order valence-electron chi connectivity index (χ4n) is 5.35. The van der Waals surface area contributed by atoms with Gasteiger partial charge in [0.05, 0.1) is 6.10 Å². The van der Waals surface area contributed by atoms with Crippen LogP contribution in [0, 0.1) is 0 Å². The Balaban J connectivity index is 0.000000161. The Hall–Kier alpha value is -4.39. The number of nitrogen functional groups attached to an aromatic ring is 1. The average molecular weight is 689 g/mol. The molecular formula is C34H37CuN6O6-4. The topological polar surface area (TPSA) is 218 Å². The van der Waals surface area contributed by atoms with Gasteiger partial charge in [0.15, 0.2) is 11.9 Å². The predicted molar refractivity (Wildman–Crippen MR) is 177 cm³/mol. The van der Waals surface area contributed by atoms with E-state index in [2.05, 4.69) is 95.4 Å². The summed E-state index contributed by atoms with van der Waals surface area (Å²) in [7, 11) is 0. The second-order valence-electron chi connectivity index (χ2n) is 11.5. The van der Waals surface area contributed by atoms with Crippen molar-refractivity contribution in [1.82, 2.24) is 0 Å². The Bertz CT molecular complexity index is 1670. The number of hydrogen-bond donors (Lipinski definition) is 5. The van der Waals surface area contributed by atoms with E-state index in [-0.39, 0.29) is 41.2 Å². The SMILES string of the molecule is CC1=CC=C2C(=C3[N-]C(C)C=CC3=CC2N)[N-]1.CC1C=Cc2cc(N)c3c(c2[N-]1)[N-]C(C)C=C3.O=C1OC(C(O)C[O-])C(O)=C1O.[Cu+]. The maximum absolute atomic E-state index is 10.5. The van der Waals surface area contributed by atoms with Gasteiger partial charge in [-0.3, -0.25) is 0 Å². The third-order valence-electron chi connectivity index (χ3n) is 7.76. The molecule has 0 bridgehead atoms. The second kappa shape index (κ2) is 14.6. The van der Waals surface area contributed by atoms with Gasteiger partial charge in [-0.25, -0.2) is 4.79 Å². The van der Waals surface area contributed by atoms with E-state index in [1.54, 1.807) is 0 Å². The van der Waals surface area contributed by atoms with Gasteiger partial charge < -0.3 is 57.9 Å². The average Bonchev–Trinajstić information content (AvgIpc) is 3.29. The van der Waals surface area contributed by atoms with E-state index in [1.165, 1.54) is 0 Å². The van der Waals surface area contributed by atoms with E-state index in [0.29, 0.717) is 0 Å². The van der Waals surface area contributed by atoms with Gasteiger partial charge in [-0.15, -0.1) is 47.5 Å². The molecule has 5 aliphatic heterocycles. The van der Waals surface area contributed by atoms with Gasteiger partial charge in [0.2, 0.25) is 5.76 Å². The molecule has 5 heterocycles. The minimum absolute atomic E-state index is 0. The first-order valence-corrected chi connectivity index (χ1v) is 14.9. The molecule has 7 rings (SSSR count). The second-order valence-corrected chi connectivity index (χ2v) is 11.5. The maximum atomic E-state index is 10.5. The van der Waals surface area contributed by atoms with E-state index in [9.17, 15) is 9.90 Å². The smallest absolute Gasteiger partial charge is 0.853 e. The van der Waals surface area contributed by atoms with Crippen LogP contribution in [0.25, 0.3) is 33.4 Å². The summed E-state index contributed by atoms with van der Waals surface area (Å²) in [5.41, 5.74) is 22.1. The molecule has 0 spiro atoms. The van der Waals surface area contributed by atoms with Crippen LogP contribution in [-0.4, -0.2) is 64.3 Å². The predicted octanol–water partition coefficient (Wildman–Crippen LogP) is 5.08. The zero-order valence-corrected chi connectivity index (χ0v) is 27.2. The van der Waals surface area contributed by atoms with Crippen molar-refractivity contribution in [2.75, 3.05) is 12.3 Å². The molecular weight excluding hydrogens is 652 g/mol. The number of anilines is 1. The molecule has 47 heavy (non-hydrogen) atoms. The van der Waals surface area contributed by atoms with Crippen LogP contribution < -0.4 is 16.6 Å². The van der Waals surface area contributed by atoms with Gasteiger partial charge in [-0.05, 0) is 28.3 Å². The molecule has 6 unspecified atom stereocenters. The third-order valence-corrected chi connectivity index (χ3v) is 7.76. The molecule has 0 aromatic heterocycles. The minimum atomic E-state index is -1.53. The Kier molecular flexibility index (Phi) is 11.0. The number of nitrogens with zero attached hydrogens (tertiary/aromatic N) is 4. The summed E-state index contributed by atoms with van der Waals surface area (Å²) in [5.74, 6) is -2.87. The first kappa shape index (κ1) is 35.5. The van der Waals surface area contributed by atoms with Gasteiger partial charge in [-0.1, -0.05) is 82.4 Å². The fourth-order valence-corrected chi connectivity index (χ4v) is 5.35. The third kappa shape index (κ3) is 7.45. The molecule has 1 aromatic carbocycles.